The lowest BCUT2D eigenvalue weighted by Gasteiger charge is -2.08. The molecule has 0 aliphatic rings. The van der Waals surface area contributed by atoms with Crippen LogP contribution in [0.2, 0.25) is 0 Å². The number of rotatable bonds is 7. The van der Waals surface area contributed by atoms with Crippen LogP contribution in [-0.4, -0.2) is 34.4 Å². The zero-order valence-electron chi connectivity index (χ0n) is 17.6. The van der Waals surface area contributed by atoms with Crippen molar-refractivity contribution in [3.8, 4) is 0 Å². The molecule has 1 aromatic heterocycles. The SMILES string of the molecule is Cc1[nH]c(C(=O)OCC(=O)c2ccc(NC(=O)c3ccccc3)cc2)c(C)c1[C@H](C)O. The van der Waals surface area contributed by atoms with Gasteiger partial charge in [0, 0.05) is 28.1 Å². The molecule has 3 N–H and O–H groups in total. The van der Waals surface area contributed by atoms with Crippen molar-refractivity contribution in [2.75, 3.05) is 11.9 Å². The van der Waals surface area contributed by atoms with Gasteiger partial charge in [0.1, 0.15) is 5.69 Å². The Morgan fingerprint density at radius 1 is 1.00 bits per heavy atom. The van der Waals surface area contributed by atoms with E-state index in [1.54, 1.807) is 69.3 Å². The Morgan fingerprint density at radius 3 is 2.23 bits per heavy atom. The van der Waals surface area contributed by atoms with E-state index in [-0.39, 0.29) is 17.4 Å². The molecule has 0 saturated carbocycles. The van der Waals surface area contributed by atoms with Crippen LogP contribution in [0, 0.1) is 13.8 Å². The number of ether oxygens (including phenoxy) is 1. The molecule has 3 aromatic rings. The van der Waals surface area contributed by atoms with Crippen molar-refractivity contribution < 1.29 is 24.2 Å². The molecule has 0 spiro atoms. The zero-order valence-corrected chi connectivity index (χ0v) is 17.6. The second-order valence-electron chi connectivity index (χ2n) is 7.24. The number of aromatic amines is 1. The summed E-state index contributed by atoms with van der Waals surface area (Å²) >= 11 is 0. The number of ketones is 1. The van der Waals surface area contributed by atoms with Crippen molar-refractivity contribution in [1.82, 2.24) is 4.98 Å². The number of Topliss-reactive ketones (excluding diaryl/α,β-unsaturated/α-hetero) is 1. The lowest BCUT2D eigenvalue weighted by Crippen LogP contribution is -2.16. The first-order valence-electron chi connectivity index (χ1n) is 9.82. The molecule has 160 valence electrons. The summed E-state index contributed by atoms with van der Waals surface area (Å²) in [4.78, 5) is 39.8. The van der Waals surface area contributed by atoms with Gasteiger partial charge in [-0.15, -0.1) is 0 Å². The Kier molecular flexibility index (Phi) is 6.67. The fourth-order valence-corrected chi connectivity index (χ4v) is 3.41. The molecular weight excluding hydrogens is 396 g/mol. The highest BCUT2D eigenvalue weighted by Crippen LogP contribution is 2.25. The van der Waals surface area contributed by atoms with Crippen LogP contribution in [0.3, 0.4) is 0 Å². The minimum Gasteiger partial charge on any atom is -0.453 e. The van der Waals surface area contributed by atoms with Gasteiger partial charge in [-0.1, -0.05) is 18.2 Å². The number of anilines is 1. The van der Waals surface area contributed by atoms with E-state index in [1.807, 2.05) is 6.07 Å². The summed E-state index contributed by atoms with van der Waals surface area (Å²) in [5.74, 6) is -1.28. The summed E-state index contributed by atoms with van der Waals surface area (Å²) in [6.45, 7) is 4.67. The predicted octanol–water partition coefficient (Wildman–Crippen LogP) is 3.98. The summed E-state index contributed by atoms with van der Waals surface area (Å²) in [5.41, 5.74) is 3.58. The second-order valence-corrected chi connectivity index (χ2v) is 7.24. The maximum absolute atomic E-state index is 12.4. The maximum atomic E-state index is 12.4. The molecule has 3 rings (SSSR count). The number of carbonyl (C=O) groups is 3. The lowest BCUT2D eigenvalue weighted by molar-refractivity contribution is 0.0468. The first-order valence-corrected chi connectivity index (χ1v) is 9.82. The van der Waals surface area contributed by atoms with Gasteiger partial charge in [-0.05, 0) is 62.7 Å². The molecule has 0 unspecified atom stereocenters. The molecule has 0 aliphatic heterocycles. The van der Waals surface area contributed by atoms with E-state index < -0.39 is 18.7 Å². The van der Waals surface area contributed by atoms with Gasteiger partial charge in [0.2, 0.25) is 0 Å². The Hall–Kier alpha value is -3.71. The average Bonchev–Trinajstić information content (AvgIpc) is 3.07. The Labute approximate surface area is 180 Å². The Morgan fingerprint density at radius 2 is 1.65 bits per heavy atom. The molecule has 0 radical (unpaired) electrons. The maximum Gasteiger partial charge on any atom is 0.355 e. The molecule has 0 aliphatic carbocycles. The van der Waals surface area contributed by atoms with E-state index in [9.17, 15) is 19.5 Å². The fraction of sp³-hybridized carbons (Fsp3) is 0.208. The molecule has 0 bridgehead atoms. The number of benzene rings is 2. The van der Waals surface area contributed by atoms with Crippen LogP contribution in [-0.2, 0) is 4.74 Å². The van der Waals surface area contributed by atoms with Crippen molar-refractivity contribution >= 4 is 23.3 Å². The number of nitrogens with one attached hydrogen (secondary N) is 2. The quantitative estimate of drug-likeness (QED) is 0.396. The molecular formula is C24H24N2O5. The van der Waals surface area contributed by atoms with Gasteiger partial charge in [0.05, 0.1) is 6.10 Å². The third-order valence-electron chi connectivity index (χ3n) is 4.95. The third kappa shape index (κ3) is 5.07. The largest absolute Gasteiger partial charge is 0.453 e. The van der Waals surface area contributed by atoms with Crippen molar-refractivity contribution in [3.63, 3.8) is 0 Å². The second kappa shape index (κ2) is 9.40. The molecule has 2 aromatic carbocycles. The number of hydrogen-bond acceptors (Lipinski definition) is 5. The summed E-state index contributed by atoms with van der Waals surface area (Å²) in [6, 6.07) is 15.1. The number of aliphatic hydroxyl groups excluding tert-OH is 1. The topological polar surface area (TPSA) is 108 Å². The van der Waals surface area contributed by atoms with E-state index >= 15 is 0 Å². The van der Waals surface area contributed by atoms with Gasteiger partial charge in [-0.2, -0.15) is 0 Å². The van der Waals surface area contributed by atoms with E-state index in [4.69, 9.17) is 4.74 Å². The van der Waals surface area contributed by atoms with Crippen LogP contribution in [0.4, 0.5) is 5.69 Å². The molecule has 0 saturated heterocycles. The van der Waals surface area contributed by atoms with Gasteiger partial charge in [-0.3, -0.25) is 9.59 Å². The highest BCUT2D eigenvalue weighted by atomic mass is 16.5. The van der Waals surface area contributed by atoms with E-state index in [1.165, 1.54) is 0 Å². The highest BCUT2D eigenvalue weighted by Gasteiger charge is 2.21. The van der Waals surface area contributed by atoms with Gasteiger partial charge in [-0.25, -0.2) is 4.79 Å². The van der Waals surface area contributed by atoms with Gasteiger partial charge >= 0.3 is 5.97 Å². The van der Waals surface area contributed by atoms with Crippen molar-refractivity contribution in [2.24, 2.45) is 0 Å². The minimum atomic E-state index is -0.722. The monoisotopic (exact) mass is 420 g/mol. The van der Waals surface area contributed by atoms with Crippen molar-refractivity contribution in [2.45, 2.75) is 26.9 Å². The van der Waals surface area contributed by atoms with Crippen LogP contribution in [0.5, 0.6) is 0 Å². The normalized spacial score (nSPS) is 11.6. The molecule has 7 nitrogen and oxygen atoms in total. The first kappa shape index (κ1) is 22.0. The fourth-order valence-electron chi connectivity index (χ4n) is 3.41. The third-order valence-corrected chi connectivity index (χ3v) is 4.95. The number of esters is 1. The predicted molar refractivity (Wildman–Crippen MR) is 116 cm³/mol. The summed E-state index contributed by atoms with van der Waals surface area (Å²) in [5, 5.41) is 12.6. The number of aliphatic hydroxyl groups is 1. The van der Waals surface area contributed by atoms with Crippen molar-refractivity contribution in [3.05, 3.63) is 88.2 Å². The summed E-state index contributed by atoms with van der Waals surface area (Å²) < 4.78 is 5.15. The minimum absolute atomic E-state index is 0.222. The van der Waals surface area contributed by atoms with Gasteiger partial charge in [0.25, 0.3) is 5.91 Å². The van der Waals surface area contributed by atoms with E-state index in [2.05, 4.69) is 10.3 Å². The van der Waals surface area contributed by atoms with Gasteiger partial charge in [0.15, 0.2) is 12.4 Å². The van der Waals surface area contributed by atoms with E-state index in [0.717, 1.165) is 0 Å². The van der Waals surface area contributed by atoms with Crippen molar-refractivity contribution in [1.29, 1.82) is 0 Å². The number of H-pyrrole nitrogens is 1. The Balaban J connectivity index is 1.59. The first-order chi connectivity index (χ1) is 14.8. The lowest BCUT2D eigenvalue weighted by atomic mass is 10.1. The molecule has 1 amide bonds. The summed E-state index contributed by atoms with van der Waals surface area (Å²) in [7, 11) is 0. The van der Waals surface area contributed by atoms with Crippen LogP contribution in [0.15, 0.2) is 54.6 Å². The van der Waals surface area contributed by atoms with Crippen LogP contribution >= 0.6 is 0 Å². The molecule has 0 fully saturated rings. The number of carbonyl (C=O) groups excluding carboxylic acids is 3. The molecule has 1 atom stereocenters. The number of hydrogen-bond donors (Lipinski definition) is 3. The van der Waals surface area contributed by atoms with Crippen LogP contribution in [0.1, 0.15) is 61.1 Å². The number of aromatic nitrogens is 1. The molecule has 1 heterocycles. The van der Waals surface area contributed by atoms with Gasteiger partial charge < -0.3 is 20.1 Å². The van der Waals surface area contributed by atoms with E-state index in [0.29, 0.717) is 33.6 Å². The Bertz CT molecular complexity index is 1100. The average molecular weight is 420 g/mol. The number of amides is 1. The zero-order chi connectivity index (χ0) is 22.5. The molecule has 7 heteroatoms. The molecule has 31 heavy (non-hydrogen) atoms. The smallest absolute Gasteiger partial charge is 0.355 e. The van der Waals surface area contributed by atoms with Crippen LogP contribution in [0.25, 0.3) is 0 Å². The number of aryl methyl sites for hydroxylation is 1. The van der Waals surface area contributed by atoms with Crippen LogP contribution < -0.4 is 5.32 Å². The standard InChI is InChI=1S/C24H24N2O5/c1-14-21(16(3)27)15(2)25-22(14)24(30)31-13-20(28)17-9-11-19(12-10-17)26-23(29)18-7-5-4-6-8-18/h4-12,16,25,27H,13H2,1-3H3,(H,26,29)/t16-/m0/s1. The summed E-state index contributed by atoms with van der Waals surface area (Å²) in [6.07, 6.45) is -0.722. The highest BCUT2D eigenvalue weighted by molar-refractivity contribution is 6.05.